The Morgan fingerprint density at radius 2 is 1.89 bits per heavy atom. The van der Waals surface area contributed by atoms with Gasteiger partial charge in [-0.1, -0.05) is 40.9 Å². The number of likely N-dealkylation sites (tertiary alicyclic amines) is 1. The van der Waals surface area contributed by atoms with Crippen LogP contribution in [0.4, 0.5) is 0 Å². The van der Waals surface area contributed by atoms with Gasteiger partial charge in [0, 0.05) is 11.0 Å². The molecule has 0 bridgehead atoms. The van der Waals surface area contributed by atoms with Gasteiger partial charge >= 0.3 is 0 Å². The van der Waals surface area contributed by atoms with Crippen LogP contribution in [0.25, 0.3) is 0 Å². The monoisotopic (exact) mass is 325 g/mol. The molecule has 0 saturated carbocycles. The number of aliphatic hydroxyl groups excluding tert-OH is 1. The predicted octanol–water partition coefficient (Wildman–Crippen LogP) is 4.06. The van der Waals surface area contributed by atoms with Gasteiger partial charge in [-0.05, 0) is 56.5 Å². The quantitative estimate of drug-likeness (QED) is 0.902. The summed E-state index contributed by atoms with van der Waals surface area (Å²) in [5.74, 6) is 0. The summed E-state index contributed by atoms with van der Waals surface area (Å²) in [6.07, 6.45) is 5.85. The zero-order valence-electron chi connectivity index (χ0n) is 11.7. The molecule has 1 saturated heterocycles. The Bertz CT molecular complexity index is 400. The van der Waals surface area contributed by atoms with Gasteiger partial charge in [-0.15, -0.1) is 0 Å². The number of hydrogen-bond acceptors (Lipinski definition) is 2. The molecule has 1 aliphatic heterocycles. The fraction of sp³-hybridized carbons (Fsp3) is 0.625. The molecule has 3 heteroatoms. The predicted molar refractivity (Wildman–Crippen MR) is 83.4 cm³/mol. The number of benzene rings is 1. The normalized spacial score (nSPS) is 19.1. The first-order valence-electron chi connectivity index (χ1n) is 7.33. The number of aliphatic hydroxyl groups is 1. The lowest BCUT2D eigenvalue weighted by molar-refractivity contribution is 0.143. The van der Waals surface area contributed by atoms with E-state index in [1.54, 1.807) is 0 Å². The van der Waals surface area contributed by atoms with Gasteiger partial charge in [0.2, 0.25) is 0 Å². The highest BCUT2D eigenvalue weighted by Gasteiger charge is 2.13. The van der Waals surface area contributed by atoms with Gasteiger partial charge in [0.25, 0.3) is 0 Å². The highest BCUT2D eigenvalue weighted by molar-refractivity contribution is 9.10. The summed E-state index contributed by atoms with van der Waals surface area (Å²) >= 11 is 3.50. The molecule has 0 amide bonds. The maximum absolute atomic E-state index is 10.3. The molecular weight excluding hydrogens is 302 g/mol. The topological polar surface area (TPSA) is 23.5 Å². The van der Waals surface area contributed by atoms with Gasteiger partial charge < -0.3 is 10.0 Å². The Labute approximate surface area is 124 Å². The molecule has 1 fully saturated rings. The van der Waals surface area contributed by atoms with Gasteiger partial charge in [0.1, 0.15) is 0 Å². The first-order valence-corrected chi connectivity index (χ1v) is 8.12. The minimum absolute atomic E-state index is 0.338. The van der Waals surface area contributed by atoms with Crippen LogP contribution in [0.2, 0.25) is 0 Å². The van der Waals surface area contributed by atoms with Crippen LogP contribution >= 0.6 is 15.9 Å². The highest BCUT2D eigenvalue weighted by atomic mass is 79.9. The lowest BCUT2D eigenvalue weighted by atomic mass is 10.0. The second-order valence-electron chi connectivity index (χ2n) is 5.57. The number of rotatable bonds is 4. The molecule has 2 nitrogen and oxygen atoms in total. The second-order valence-corrected chi connectivity index (χ2v) is 6.42. The van der Waals surface area contributed by atoms with Crippen molar-refractivity contribution >= 4 is 15.9 Å². The van der Waals surface area contributed by atoms with E-state index in [0.717, 1.165) is 23.0 Å². The maximum Gasteiger partial charge on any atom is 0.0802 e. The van der Waals surface area contributed by atoms with Crippen molar-refractivity contribution < 1.29 is 5.11 Å². The number of halogens is 1. The standard InChI is InChI=1S/C16H24BrNO/c1-13-12-14(6-7-15(13)17)16(19)8-11-18-9-4-2-3-5-10-18/h6-7,12,16,19H,2-5,8-11H2,1H3. The van der Waals surface area contributed by atoms with Crippen molar-refractivity contribution in [2.24, 2.45) is 0 Å². The third-order valence-corrected chi connectivity index (χ3v) is 4.87. The second kappa shape index (κ2) is 7.41. The number of nitrogens with zero attached hydrogens (tertiary/aromatic N) is 1. The fourth-order valence-corrected chi connectivity index (χ4v) is 2.95. The molecule has 0 aliphatic carbocycles. The van der Waals surface area contributed by atoms with Gasteiger partial charge in [-0.25, -0.2) is 0 Å². The zero-order valence-corrected chi connectivity index (χ0v) is 13.3. The van der Waals surface area contributed by atoms with Crippen molar-refractivity contribution in [3.8, 4) is 0 Å². The summed E-state index contributed by atoms with van der Waals surface area (Å²) in [5.41, 5.74) is 2.22. The van der Waals surface area contributed by atoms with E-state index in [9.17, 15) is 5.11 Å². The van der Waals surface area contributed by atoms with Crippen LogP contribution in [-0.2, 0) is 0 Å². The summed E-state index contributed by atoms with van der Waals surface area (Å²) < 4.78 is 1.11. The summed E-state index contributed by atoms with van der Waals surface area (Å²) in [4.78, 5) is 2.50. The van der Waals surface area contributed by atoms with Crippen LogP contribution in [0.5, 0.6) is 0 Å². The van der Waals surface area contributed by atoms with Crippen molar-refractivity contribution in [1.82, 2.24) is 4.90 Å². The average molecular weight is 326 g/mol. The number of aryl methyl sites for hydroxylation is 1. The van der Waals surface area contributed by atoms with Gasteiger partial charge in [-0.2, -0.15) is 0 Å². The van der Waals surface area contributed by atoms with Crippen LogP contribution in [0.1, 0.15) is 49.3 Å². The molecular formula is C16H24BrNO. The SMILES string of the molecule is Cc1cc(C(O)CCN2CCCCCC2)ccc1Br. The third-order valence-electron chi connectivity index (χ3n) is 3.98. The third kappa shape index (κ3) is 4.59. The molecule has 19 heavy (non-hydrogen) atoms. The van der Waals surface area contributed by atoms with Crippen LogP contribution < -0.4 is 0 Å². The zero-order chi connectivity index (χ0) is 13.7. The molecule has 1 N–H and O–H groups in total. The molecule has 0 spiro atoms. The van der Waals surface area contributed by atoms with E-state index >= 15 is 0 Å². The van der Waals surface area contributed by atoms with Crippen molar-refractivity contribution in [3.05, 3.63) is 33.8 Å². The molecule has 106 valence electrons. The Kier molecular flexibility index (Phi) is 5.86. The van der Waals surface area contributed by atoms with E-state index in [2.05, 4.69) is 33.8 Å². The van der Waals surface area contributed by atoms with E-state index in [1.165, 1.54) is 44.3 Å². The van der Waals surface area contributed by atoms with Crippen molar-refractivity contribution in [2.45, 2.75) is 45.1 Å². The summed E-state index contributed by atoms with van der Waals surface area (Å²) in [6.45, 7) is 5.48. The van der Waals surface area contributed by atoms with E-state index in [1.807, 2.05) is 12.1 Å². The molecule has 2 rings (SSSR count). The van der Waals surface area contributed by atoms with E-state index < -0.39 is 0 Å². The van der Waals surface area contributed by atoms with E-state index in [4.69, 9.17) is 0 Å². The molecule has 1 aromatic carbocycles. The lowest BCUT2D eigenvalue weighted by Crippen LogP contribution is -2.26. The Balaban J connectivity index is 1.85. The molecule has 1 aromatic rings. The molecule has 0 radical (unpaired) electrons. The van der Waals surface area contributed by atoms with Crippen LogP contribution in [0.3, 0.4) is 0 Å². The molecule has 0 aromatic heterocycles. The Morgan fingerprint density at radius 3 is 2.53 bits per heavy atom. The molecule has 1 heterocycles. The minimum Gasteiger partial charge on any atom is -0.388 e. The molecule has 1 aliphatic rings. The highest BCUT2D eigenvalue weighted by Crippen LogP contribution is 2.23. The van der Waals surface area contributed by atoms with Gasteiger partial charge in [0.05, 0.1) is 6.10 Å². The van der Waals surface area contributed by atoms with Crippen LogP contribution in [0.15, 0.2) is 22.7 Å². The Morgan fingerprint density at radius 1 is 1.21 bits per heavy atom. The molecule has 1 unspecified atom stereocenters. The largest absolute Gasteiger partial charge is 0.388 e. The van der Waals surface area contributed by atoms with Crippen LogP contribution in [0, 0.1) is 6.92 Å². The maximum atomic E-state index is 10.3. The van der Waals surface area contributed by atoms with Crippen molar-refractivity contribution in [2.75, 3.05) is 19.6 Å². The first-order chi connectivity index (χ1) is 9.16. The first kappa shape index (κ1) is 15.0. The summed E-state index contributed by atoms with van der Waals surface area (Å²) in [6, 6.07) is 6.13. The van der Waals surface area contributed by atoms with E-state index in [0.29, 0.717) is 0 Å². The smallest absolute Gasteiger partial charge is 0.0802 e. The number of hydrogen-bond donors (Lipinski definition) is 1. The van der Waals surface area contributed by atoms with Crippen molar-refractivity contribution in [3.63, 3.8) is 0 Å². The minimum atomic E-state index is -0.338. The van der Waals surface area contributed by atoms with Crippen LogP contribution in [-0.4, -0.2) is 29.6 Å². The average Bonchev–Trinajstić information content (AvgIpc) is 2.67. The molecule has 1 atom stereocenters. The summed E-state index contributed by atoms with van der Waals surface area (Å²) in [5, 5.41) is 10.3. The summed E-state index contributed by atoms with van der Waals surface area (Å²) in [7, 11) is 0. The fourth-order valence-electron chi connectivity index (χ4n) is 2.71. The van der Waals surface area contributed by atoms with Gasteiger partial charge in [-0.3, -0.25) is 0 Å². The van der Waals surface area contributed by atoms with E-state index in [-0.39, 0.29) is 6.10 Å². The Hall–Kier alpha value is -0.380. The van der Waals surface area contributed by atoms with Gasteiger partial charge in [0.15, 0.2) is 0 Å². The van der Waals surface area contributed by atoms with Crippen molar-refractivity contribution in [1.29, 1.82) is 0 Å². The lowest BCUT2D eigenvalue weighted by Gasteiger charge is -2.21.